The number of aliphatic hydroxyl groups is 1. The summed E-state index contributed by atoms with van der Waals surface area (Å²) in [6.07, 6.45) is 0.321. The molecule has 6 atom stereocenters. The monoisotopic (exact) mass is 499 g/mol. The van der Waals surface area contributed by atoms with E-state index in [1.54, 1.807) is 20.2 Å². The van der Waals surface area contributed by atoms with Crippen LogP contribution in [0.3, 0.4) is 0 Å². The molecule has 1 aromatic carbocycles. The number of amides is 1. The van der Waals surface area contributed by atoms with Crippen molar-refractivity contribution >= 4 is 29.0 Å². The van der Waals surface area contributed by atoms with Gasteiger partial charge in [-0.15, -0.1) is 0 Å². The van der Waals surface area contributed by atoms with Gasteiger partial charge >= 0.3 is 0 Å². The third-order valence-corrected chi connectivity index (χ3v) is 8.33. The number of rotatable bonds is 6. The number of aromatic hydroxyl groups is 1. The van der Waals surface area contributed by atoms with E-state index >= 15 is 0 Å². The molecule has 194 valence electrons. The quantitative estimate of drug-likeness (QED) is 0.447. The van der Waals surface area contributed by atoms with Gasteiger partial charge in [0.25, 0.3) is 0 Å². The largest absolute Gasteiger partial charge is 0.507 e. The van der Waals surface area contributed by atoms with E-state index in [4.69, 9.17) is 5.73 Å². The van der Waals surface area contributed by atoms with Crippen molar-refractivity contribution in [3.63, 3.8) is 0 Å². The molecular weight excluding hydrogens is 466 g/mol. The van der Waals surface area contributed by atoms with Crippen LogP contribution < -0.4 is 5.73 Å². The normalized spacial score (nSPS) is 31.9. The lowest BCUT2D eigenvalue weighted by Gasteiger charge is -2.52. The Labute approximate surface area is 209 Å². The van der Waals surface area contributed by atoms with E-state index in [1.165, 1.54) is 11.0 Å². The van der Waals surface area contributed by atoms with Crippen LogP contribution in [0.1, 0.15) is 41.8 Å². The van der Waals surface area contributed by atoms with Gasteiger partial charge in [0.2, 0.25) is 5.91 Å². The predicted molar refractivity (Wildman–Crippen MR) is 128 cm³/mol. The number of fused-ring (bicyclic) bond motifs is 3. The minimum Gasteiger partial charge on any atom is -0.507 e. The van der Waals surface area contributed by atoms with E-state index in [9.17, 15) is 34.2 Å². The van der Waals surface area contributed by atoms with Crippen molar-refractivity contribution < 1.29 is 34.2 Å². The predicted octanol–water partition coefficient (Wildman–Crippen LogP) is -0.291. The number of ketones is 4. The molecule has 0 saturated heterocycles. The SMILES string of the molecule is CCN(CC)Cc1ccc(O)c2c1C[C@H]1C[C@H]3[C@@H](N(C)C)C(=O)C(C(N)=O)C(=O)[C@@]3(O)C(=O)C1C2=O. The number of benzene rings is 1. The number of nitrogens with zero attached hydrogens (tertiary/aromatic N) is 2. The zero-order chi connectivity index (χ0) is 26.7. The highest BCUT2D eigenvalue weighted by Crippen LogP contribution is 2.51. The van der Waals surface area contributed by atoms with Gasteiger partial charge in [-0.05, 0) is 63.1 Å². The zero-order valence-electron chi connectivity index (χ0n) is 21.0. The Morgan fingerprint density at radius 2 is 1.75 bits per heavy atom. The lowest BCUT2D eigenvalue weighted by molar-refractivity contribution is -0.181. The Bertz CT molecular complexity index is 1160. The average Bonchev–Trinajstić information content (AvgIpc) is 2.80. The van der Waals surface area contributed by atoms with Crippen LogP contribution in [-0.2, 0) is 32.1 Å². The van der Waals surface area contributed by atoms with Crippen molar-refractivity contribution in [2.24, 2.45) is 29.4 Å². The molecule has 36 heavy (non-hydrogen) atoms. The molecule has 3 aliphatic rings. The Kier molecular flexibility index (Phi) is 6.65. The lowest BCUT2D eigenvalue weighted by atomic mass is 9.52. The van der Waals surface area contributed by atoms with E-state index < -0.39 is 64.4 Å². The third-order valence-electron chi connectivity index (χ3n) is 8.33. The van der Waals surface area contributed by atoms with Gasteiger partial charge in [0, 0.05) is 12.5 Å². The number of carbonyl (C=O) groups excluding carboxylic acids is 5. The summed E-state index contributed by atoms with van der Waals surface area (Å²) in [5, 5.41) is 22.2. The number of Topliss-reactive ketones (excluding diaryl/α,β-unsaturated/α-hetero) is 4. The lowest BCUT2D eigenvalue weighted by Crippen LogP contribution is -2.74. The molecule has 0 aliphatic heterocycles. The zero-order valence-corrected chi connectivity index (χ0v) is 21.0. The molecule has 10 nitrogen and oxygen atoms in total. The van der Waals surface area contributed by atoms with Gasteiger partial charge in [0.1, 0.15) is 5.75 Å². The van der Waals surface area contributed by atoms with Crippen molar-refractivity contribution in [2.45, 2.75) is 44.9 Å². The van der Waals surface area contributed by atoms with Crippen LogP contribution in [0.25, 0.3) is 0 Å². The first kappa shape index (κ1) is 26.1. The van der Waals surface area contributed by atoms with E-state index in [2.05, 4.69) is 4.90 Å². The minimum absolute atomic E-state index is 0.0336. The second-order valence-corrected chi connectivity index (χ2v) is 10.3. The maximum Gasteiger partial charge on any atom is 0.235 e. The summed E-state index contributed by atoms with van der Waals surface area (Å²) in [5.74, 6) is -10.2. The second kappa shape index (κ2) is 9.17. The van der Waals surface area contributed by atoms with Crippen LogP contribution in [-0.4, -0.2) is 87.9 Å². The number of phenolic OH excluding ortho intramolecular Hbond substituents is 1. The first-order valence-electron chi connectivity index (χ1n) is 12.3. The van der Waals surface area contributed by atoms with Crippen LogP contribution in [0.5, 0.6) is 5.75 Å². The van der Waals surface area contributed by atoms with Gasteiger partial charge < -0.3 is 15.9 Å². The fourth-order valence-electron chi connectivity index (χ4n) is 6.51. The molecule has 4 N–H and O–H groups in total. The summed E-state index contributed by atoms with van der Waals surface area (Å²) in [4.78, 5) is 69.6. The molecule has 2 unspecified atom stereocenters. The van der Waals surface area contributed by atoms with Crippen molar-refractivity contribution in [1.82, 2.24) is 9.80 Å². The highest BCUT2D eigenvalue weighted by Gasteiger charge is 2.69. The molecular formula is C26H33N3O7. The number of hydrogen-bond donors (Lipinski definition) is 3. The van der Waals surface area contributed by atoms with Crippen LogP contribution in [0, 0.1) is 23.7 Å². The van der Waals surface area contributed by atoms with E-state index in [0.29, 0.717) is 12.1 Å². The fourth-order valence-corrected chi connectivity index (χ4v) is 6.51. The third kappa shape index (κ3) is 3.62. The number of phenols is 1. The van der Waals surface area contributed by atoms with Crippen LogP contribution >= 0.6 is 0 Å². The maximum atomic E-state index is 13.8. The molecule has 0 heterocycles. The molecule has 1 aromatic rings. The van der Waals surface area contributed by atoms with Gasteiger partial charge in [-0.1, -0.05) is 19.9 Å². The molecule has 4 rings (SSSR count). The second-order valence-electron chi connectivity index (χ2n) is 10.3. The van der Waals surface area contributed by atoms with E-state index in [-0.39, 0.29) is 24.2 Å². The van der Waals surface area contributed by atoms with Crippen LogP contribution in [0.4, 0.5) is 0 Å². The molecule has 0 spiro atoms. The van der Waals surface area contributed by atoms with Gasteiger partial charge in [-0.25, -0.2) is 0 Å². The summed E-state index contributed by atoms with van der Waals surface area (Å²) < 4.78 is 0. The van der Waals surface area contributed by atoms with Gasteiger partial charge in [-0.3, -0.25) is 33.8 Å². The summed E-state index contributed by atoms with van der Waals surface area (Å²) in [7, 11) is 3.13. The highest BCUT2D eigenvalue weighted by molar-refractivity contribution is 6.32. The molecule has 0 bridgehead atoms. The minimum atomic E-state index is -2.70. The topological polar surface area (TPSA) is 158 Å². The molecule has 0 aromatic heterocycles. The highest BCUT2D eigenvalue weighted by atomic mass is 16.3. The van der Waals surface area contributed by atoms with E-state index in [1.807, 2.05) is 13.8 Å². The molecule has 1 amide bonds. The summed E-state index contributed by atoms with van der Waals surface area (Å²) in [6, 6.07) is 2.09. The van der Waals surface area contributed by atoms with Crippen molar-refractivity contribution in [3.8, 4) is 5.75 Å². The van der Waals surface area contributed by atoms with Crippen molar-refractivity contribution in [1.29, 1.82) is 0 Å². The number of primary amides is 1. The molecule has 2 fully saturated rings. The number of likely N-dealkylation sites (N-methyl/N-ethyl adjacent to an activating group) is 1. The molecule has 0 radical (unpaired) electrons. The smallest absolute Gasteiger partial charge is 0.235 e. The standard InChI is InChI=1S/C26H33N3O7/c1-5-29(6-2)11-12-7-8-16(30)18-14(12)9-13-10-15-20(28(3)4)22(32)19(25(27)35)24(34)26(15,36)23(33)17(13)21(18)31/h7-8,13,15,17,19-20,30,36H,5-6,9-11H2,1-4H3,(H2,27,35)/t13-,15-,17?,19?,20+,26-/m0/s1. The van der Waals surface area contributed by atoms with Gasteiger partial charge in [0.15, 0.2) is 34.7 Å². The summed E-state index contributed by atoms with van der Waals surface area (Å²) >= 11 is 0. The first-order chi connectivity index (χ1) is 16.9. The Morgan fingerprint density at radius 1 is 1.11 bits per heavy atom. The van der Waals surface area contributed by atoms with E-state index in [0.717, 1.165) is 18.7 Å². The summed E-state index contributed by atoms with van der Waals surface area (Å²) in [6.45, 7) is 6.18. The van der Waals surface area contributed by atoms with Crippen molar-refractivity contribution in [3.05, 3.63) is 28.8 Å². The van der Waals surface area contributed by atoms with Gasteiger partial charge in [0.05, 0.1) is 17.5 Å². The molecule has 3 aliphatic carbocycles. The van der Waals surface area contributed by atoms with Crippen LogP contribution in [0.15, 0.2) is 12.1 Å². The molecule has 2 saturated carbocycles. The summed E-state index contributed by atoms with van der Waals surface area (Å²) in [5.41, 5.74) is 4.17. The number of nitrogens with two attached hydrogens (primary N) is 1. The Hall–Kier alpha value is -2.95. The Balaban J connectivity index is 1.83. The van der Waals surface area contributed by atoms with Crippen LogP contribution in [0.2, 0.25) is 0 Å². The maximum absolute atomic E-state index is 13.8. The first-order valence-corrected chi connectivity index (χ1v) is 12.3. The van der Waals surface area contributed by atoms with Crippen molar-refractivity contribution in [2.75, 3.05) is 27.2 Å². The number of carbonyl (C=O) groups is 5. The fraction of sp³-hybridized carbons (Fsp3) is 0.577. The molecule has 10 heteroatoms. The average molecular weight is 500 g/mol. The van der Waals surface area contributed by atoms with Gasteiger partial charge in [-0.2, -0.15) is 0 Å². The Morgan fingerprint density at radius 3 is 2.31 bits per heavy atom. The number of hydrogen-bond acceptors (Lipinski definition) is 9.